The number of nitrogens with zero attached hydrogens (tertiary/aromatic N) is 1. The van der Waals surface area contributed by atoms with Crippen molar-refractivity contribution in [2.45, 2.75) is 32.3 Å². The number of halogens is 3. The number of nitrogens with one attached hydrogen (secondary N) is 1. The lowest BCUT2D eigenvalue weighted by Crippen LogP contribution is -2.44. The summed E-state index contributed by atoms with van der Waals surface area (Å²) in [7, 11) is 0. The van der Waals surface area contributed by atoms with Crippen molar-refractivity contribution in [2.24, 2.45) is 5.41 Å². The smallest absolute Gasteiger partial charge is 0.387 e. The minimum atomic E-state index is -2.88. The Bertz CT molecular complexity index is 555. The molecule has 2 heterocycles. The summed E-state index contributed by atoms with van der Waals surface area (Å²) in [6.07, 6.45) is 3.32. The summed E-state index contributed by atoms with van der Waals surface area (Å²) in [5.41, 5.74) is 0.869. The number of amides is 1. The minimum absolute atomic E-state index is 0. The predicted octanol–water partition coefficient (Wildman–Crippen LogP) is 2.85. The van der Waals surface area contributed by atoms with Gasteiger partial charge in [-0.15, -0.1) is 12.4 Å². The maximum Gasteiger partial charge on any atom is 0.387 e. The molecule has 0 saturated carbocycles. The highest BCUT2D eigenvalue weighted by atomic mass is 35.5. The average Bonchev–Trinajstić information content (AvgIpc) is 2.97. The number of likely N-dealkylation sites (tertiary alicyclic amines) is 1. The standard InChI is InChI=1S/C17H22F2N2O2.ClH/c18-16(19)23-14-4-2-1-3-13(14)11-15(22)21-9-6-17(7-10-21)5-8-20-12-17;/h1-4,16,20H,5-12H2;1H. The molecular formula is C17H23ClF2N2O2. The predicted molar refractivity (Wildman–Crippen MR) is 89.8 cm³/mol. The molecule has 1 spiro atoms. The molecule has 3 rings (SSSR count). The van der Waals surface area contributed by atoms with Crippen LogP contribution in [0.1, 0.15) is 24.8 Å². The number of piperidine rings is 1. The SMILES string of the molecule is Cl.O=C(Cc1ccccc1OC(F)F)N1CCC2(CCNC2)CC1. The molecule has 134 valence electrons. The summed E-state index contributed by atoms with van der Waals surface area (Å²) < 4.78 is 29.4. The molecule has 24 heavy (non-hydrogen) atoms. The number of para-hydroxylation sites is 1. The minimum Gasteiger partial charge on any atom is -0.435 e. The second-order valence-electron chi connectivity index (χ2n) is 6.47. The number of alkyl halides is 2. The first kappa shape index (κ1) is 18.9. The number of carbonyl (C=O) groups is 1. The Balaban J connectivity index is 0.00000208. The highest BCUT2D eigenvalue weighted by Gasteiger charge is 2.38. The van der Waals surface area contributed by atoms with Gasteiger partial charge in [-0.05, 0) is 37.3 Å². The molecule has 1 aromatic carbocycles. The van der Waals surface area contributed by atoms with Crippen LogP contribution in [-0.2, 0) is 11.2 Å². The van der Waals surface area contributed by atoms with Crippen LogP contribution in [0.25, 0.3) is 0 Å². The summed E-state index contributed by atoms with van der Waals surface area (Å²) >= 11 is 0. The third kappa shape index (κ3) is 4.36. The van der Waals surface area contributed by atoms with E-state index >= 15 is 0 Å². The molecule has 2 aliphatic rings. The van der Waals surface area contributed by atoms with E-state index < -0.39 is 6.61 Å². The highest BCUT2D eigenvalue weighted by molar-refractivity contribution is 5.85. The van der Waals surface area contributed by atoms with Crippen molar-refractivity contribution in [3.05, 3.63) is 29.8 Å². The van der Waals surface area contributed by atoms with Gasteiger partial charge >= 0.3 is 6.61 Å². The zero-order valence-electron chi connectivity index (χ0n) is 13.5. The first-order valence-electron chi connectivity index (χ1n) is 8.09. The zero-order valence-corrected chi connectivity index (χ0v) is 14.3. The molecule has 1 amide bonds. The summed E-state index contributed by atoms with van der Waals surface area (Å²) in [5, 5.41) is 3.40. The summed E-state index contributed by atoms with van der Waals surface area (Å²) in [4.78, 5) is 14.3. The third-order valence-electron chi connectivity index (χ3n) is 5.04. The monoisotopic (exact) mass is 360 g/mol. The number of rotatable bonds is 4. The van der Waals surface area contributed by atoms with E-state index in [0.717, 1.165) is 39.0 Å². The van der Waals surface area contributed by atoms with Crippen molar-refractivity contribution in [2.75, 3.05) is 26.2 Å². The molecule has 0 aromatic heterocycles. The highest BCUT2D eigenvalue weighted by Crippen LogP contribution is 2.37. The van der Waals surface area contributed by atoms with Crippen molar-refractivity contribution >= 4 is 18.3 Å². The molecule has 1 N–H and O–H groups in total. The van der Waals surface area contributed by atoms with Gasteiger partial charge in [0.2, 0.25) is 5.91 Å². The van der Waals surface area contributed by atoms with Gasteiger partial charge in [0, 0.05) is 25.2 Å². The van der Waals surface area contributed by atoms with E-state index in [1.807, 2.05) is 4.90 Å². The van der Waals surface area contributed by atoms with E-state index in [4.69, 9.17) is 0 Å². The van der Waals surface area contributed by atoms with Gasteiger partial charge in [-0.2, -0.15) is 8.78 Å². The van der Waals surface area contributed by atoms with Gasteiger partial charge in [0.1, 0.15) is 5.75 Å². The molecule has 0 bridgehead atoms. The lowest BCUT2D eigenvalue weighted by atomic mass is 9.78. The molecule has 0 radical (unpaired) electrons. The Morgan fingerprint density at radius 3 is 2.58 bits per heavy atom. The van der Waals surface area contributed by atoms with Crippen molar-refractivity contribution < 1.29 is 18.3 Å². The van der Waals surface area contributed by atoms with Gasteiger partial charge in [-0.25, -0.2) is 0 Å². The largest absolute Gasteiger partial charge is 0.435 e. The molecule has 2 saturated heterocycles. The third-order valence-corrected chi connectivity index (χ3v) is 5.04. The quantitative estimate of drug-likeness (QED) is 0.897. The molecule has 0 unspecified atom stereocenters. The fourth-order valence-corrected chi connectivity index (χ4v) is 3.59. The van der Waals surface area contributed by atoms with E-state index in [0.29, 0.717) is 11.0 Å². The fraction of sp³-hybridized carbons (Fsp3) is 0.588. The van der Waals surface area contributed by atoms with Gasteiger partial charge < -0.3 is 15.0 Å². The van der Waals surface area contributed by atoms with E-state index in [9.17, 15) is 13.6 Å². The van der Waals surface area contributed by atoms with Crippen LogP contribution >= 0.6 is 12.4 Å². The molecule has 2 fully saturated rings. The number of carbonyl (C=O) groups excluding carboxylic acids is 1. The van der Waals surface area contributed by atoms with Crippen molar-refractivity contribution in [3.63, 3.8) is 0 Å². The van der Waals surface area contributed by atoms with Crippen LogP contribution in [0, 0.1) is 5.41 Å². The molecule has 0 aliphatic carbocycles. The molecule has 4 nitrogen and oxygen atoms in total. The van der Waals surface area contributed by atoms with Gasteiger partial charge in [-0.1, -0.05) is 18.2 Å². The zero-order chi connectivity index (χ0) is 16.3. The Morgan fingerprint density at radius 1 is 1.25 bits per heavy atom. The second-order valence-corrected chi connectivity index (χ2v) is 6.47. The normalized spacial score (nSPS) is 19.4. The molecule has 1 aromatic rings. The van der Waals surface area contributed by atoms with Gasteiger partial charge in [0.25, 0.3) is 0 Å². The summed E-state index contributed by atoms with van der Waals surface area (Å²) in [6.45, 7) is 0.722. The van der Waals surface area contributed by atoms with Gasteiger partial charge in [0.15, 0.2) is 0 Å². The maximum absolute atomic E-state index is 12.5. The van der Waals surface area contributed by atoms with Crippen LogP contribution in [0.5, 0.6) is 5.75 Å². The lowest BCUT2D eigenvalue weighted by Gasteiger charge is -2.39. The molecule has 0 atom stereocenters. The van der Waals surface area contributed by atoms with Crippen LogP contribution in [0.4, 0.5) is 8.78 Å². The summed E-state index contributed by atoms with van der Waals surface area (Å²) in [6, 6.07) is 6.51. The summed E-state index contributed by atoms with van der Waals surface area (Å²) in [5.74, 6) is 0.0699. The topological polar surface area (TPSA) is 41.6 Å². The van der Waals surface area contributed by atoms with Crippen LogP contribution in [0.15, 0.2) is 24.3 Å². The van der Waals surface area contributed by atoms with E-state index in [2.05, 4.69) is 10.1 Å². The molecule has 2 aliphatic heterocycles. The average molecular weight is 361 g/mol. The Hall–Kier alpha value is -1.40. The van der Waals surface area contributed by atoms with Gasteiger partial charge in [-0.3, -0.25) is 4.79 Å². The van der Waals surface area contributed by atoms with Crippen LogP contribution < -0.4 is 10.1 Å². The first-order chi connectivity index (χ1) is 11.1. The van der Waals surface area contributed by atoms with Gasteiger partial charge in [0.05, 0.1) is 6.42 Å². The molecule has 7 heteroatoms. The van der Waals surface area contributed by atoms with Crippen LogP contribution in [0.2, 0.25) is 0 Å². The van der Waals surface area contributed by atoms with Crippen LogP contribution in [0.3, 0.4) is 0 Å². The first-order valence-corrected chi connectivity index (χ1v) is 8.09. The van der Waals surface area contributed by atoms with E-state index in [1.165, 1.54) is 12.5 Å². The van der Waals surface area contributed by atoms with Crippen molar-refractivity contribution in [1.29, 1.82) is 0 Å². The Morgan fingerprint density at radius 2 is 1.96 bits per heavy atom. The number of ether oxygens (including phenoxy) is 1. The Kier molecular flexibility index (Phi) is 6.40. The van der Waals surface area contributed by atoms with E-state index in [-0.39, 0.29) is 30.5 Å². The molecular weight excluding hydrogens is 338 g/mol. The van der Waals surface area contributed by atoms with Crippen LogP contribution in [-0.4, -0.2) is 43.6 Å². The lowest BCUT2D eigenvalue weighted by molar-refractivity contribution is -0.132. The second kappa shape index (κ2) is 8.12. The fourth-order valence-electron chi connectivity index (χ4n) is 3.59. The number of benzene rings is 1. The van der Waals surface area contributed by atoms with Crippen molar-refractivity contribution in [3.8, 4) is 5.75 Å². The maximum atomic E-state index is 12.5. The van der Waals surface area contributed by atoms with Crippen molar-refractivity contribution in [1.82, 2.24) is 10.2 Å². The number of hydrogen-bond acceptors (Lipinski definition) is 3. The Labute approximate surface area is 147 Å². The number of hydrogen-bond donors (Lipinski definition) is 1. The van der Waals surface area contributed by atoms with E-state index in [1.54, 1.807) is 18.2 Å².